The van der Waals surface area contributed by atoms with Crippen LogP contribution >= 0.6 is 28.1 Å². The molecule has 0 aromatic heterocycles. The van der Waals surface area contributed by atoms with Crippen LogP contribution in [-0.2, 0) is 0 Å². The molecule has 2 aromatic rings. The van der Waals surface area contributed by atoms with Gasteiger partial charge in [0.1, 0.15) is 0 Å². The van der Waals surface area contributed by atoms with Crippen LogP contribution in [-0.4, -0.2) is 16.9 Å². The highest BCUT2D eigenvalue weighted by Gasteiger charge is 2.11. The average molecular weight is 392 g/mol. The quantitative estimate of drug-likeness (QED) is 0.543. The van der Waals surface area contributed by atoms with Gasteiger partial charge in [-0.2, -0.15) is 0 Å². The summed E-state index contributed by atoms with van der Waals surface area (Å²) in [6.45, 7) is 1.90. The van der Waals surface area contributed by atoms with Gasteiger partial charge in [-0.05, 0) is 59.3 Å². The Hall–Kier alpha value is -2.25. The van der Waals surface area contributed by atoms with Crippen molar-refractivity contribution in [2.24, 2.45) is 0 Å². The molecule has 0 saturated carbocycles. The van der Waals surface area contributed by atoms with Gasteiger partial charge in [0.2, 0.25) is 0 Å². The zero-order valence-corrected chi connectivity index (χ0v) is 14.6. The van der Waals surface area contributed by atoms with Crippen molar-refractivity contribution in [2.45, 2.75) is 6.92 Å². The Labute approximate surface area is 147 Å². The van der Waals surface area contributed by atoms with E-state index in [1.165, 1.54) is 0 Å². The minimum absolute atomic E-state index is 0.00626. The van der Waals surface area contributed by atoms with Gasteiger partial charge in [0.05, 0.1) is 5.56 Å². The molecule has 2 amide bonds. The molecule has 0 heterocycles. The molecule has 0 fully saturated rings. The first-order chi connectivity index (χ1) is 11.0. The second-order valence-electron chi connectivity index (χ2n) is 4.71. The lowest BCUT2D eigenvalue weighted by Gasteiger charge is -2.11. The van der Waals surface area contributed by atoms with Crippen LogP contribution in [0.25, 0.3) is 0 Å². The van der Waals surface area contributed by atoms with Crippen molar-refractivity contribution >= 4 is 45.1 Å². The highest BCUT2D eigenvalue weighted by atomic mass is 79.9. The second kappa shape index (κ2) is 7.85. The predicted molar refractivity (Wildman–Crippen MR) is 96.0 cm³/mol. The van der Waals surface area contributed by atoms with E-state index in [0.717, 1.165) is 5.56 Å². The summed E-state index contributed by atoms with van der Waals surface area (Å²) in [6, 6.07) is 14.1. The fourth-order valence-electron chi connectivity index (χ4n) is 1.82. The number of aryl methyl sites for hydroxylation is 1. The number of hydrogen-bond donors (Lipinski definition) is 3. The summed E-state index contributed by atoms with van der Waals surface area (Å²) in [6.07, 6.45) is 0. The van der Waals surface area contributed by atoms with E-state index in [1.54, 1.807) is 42.5 Å². The highest BCUT2D eigenvalue weighted by molar-refractivity contribution is 9.10. The van der Waals surface area contributed by atoms with Gasteiger partial charge in [-0.1, -0.05) is 29.8 Å². The van der Waals surface area contributed by atoms with Crippen LogP contribution in [0.5, 0.6) is 0 Å². The smallest absolute Gasteiger partial charge is 0.269 e. The van der Waals surface area contributed by atoms with E-state index in [9.17, 15) is 9.59 Å². The van der Waals surface area contributed by atoms with Crippen molar-refractivity contribution in [3.05, 3.63) is 69.7 Å². The average Bonchev–Trinajstić information content (AvgIpc) is 2.53. The summed E-state index contributed by atoms with van der Waals surface area (Å²) in [4.78, 5) is 24.0. The number of hydrogen-bond acceptors (Lipinski definition) is 3. The van der Waals surface area contributed by atoms with Gasteiger partial charge in [0.25, 0.3) is 11.8 Å². The predicted octanol–water partition coefficient (Wildman–Crippen LogP) is 2.71. The van der Waals surface area contributed by atoms with E-state index in [-0.39, 0.29) is 16.9 Å². The molecule has 2 aromatic carbocycles. The van der Waals surface area contributed by atoms with Crippen molar-refractivity contribution < 1.29 is 9.59 Å². The number of carbonyl (C=O) groups excluding carboxylic acids is 2. The number of hydrazine groups is 1. The molecular weight excluding hydrogens is 378 g/mol. The van der Waals surface area contributed by atoms with E-state index in [4.69, 9.17) is 12.2 Å². The molecule has 0 saturated heterocycles. The minimum Gasteiger partial charge on any atom is -0.298 e. The SMILES string of the molecule is Cc1cccc(C(=O)NNC(=S)NC(=O)c2ccccc2Br)c1. The van der Waals surface area contributed by atoms with Crippen LogP contribution in [0, 0.1) is 6.92 Å². The van der Waals surface area contributed by atoms with Gasteiger partial charge in [0.15, 0.2) is 5.11 Å². The number of benzene rings is 2. The Bertz CT molecular complexity index is 764. The van der Waals surface area contributed by atoms with Crippen molar-refractivity contribution in [3.63, 3.8) is 0 Å². The molecule has 23 heavy (non-hydrogen) atoms. The normalized spacial score (nSPS) is 9.83. The van der Waals surface area contributed by atoms with E-state index in [1.807, 2.05) is 13.0 Å². The van der Waals surface area contributed by atoms with Crippen LogP contribution < -0.4 is 16.2 Å². The zero-order chi connectivity index (χ0) is 16.8. The van der Waals surface area contributed by atoms with Crippen molar-refractivity contribution in [1.29, 1.82) is 0 Å². The molecule has 7 heteroatoms. The second-order valence-corrected chi connectivity index (χ2v) is 5.97. The number of thiocarbonyl (C=S) groups is 1. The largest absolute Gasteiger partial charge is 0.298 e. The first kappa shape index (κ1) is 17.1. The Kier molecular flexibility index (Phi) is 5.84. The van der Waals surface area contributed by atoms with Crippen LogP contribution in [0.3, 0.4) is 0 Å². The molecule has 0 unspecified atom stereocenters. The van der Waals surface area contributed by atoms with Crippen molar-refractivity contribution in [2.75, 3.05) is 0 Å². The summed E-state index contributed by atoms with van der Waals surface area (Å²) < 4.78 is 0.657. The standard InChI is InChI=1S/C16H14BrN3O2S/c1-10-5-4-6-11(9-10)14(21)19-20-16(23)18-15(22)12-7-2-3-8-13(12)17/h2-9H,1H3,(H,19,21)(H2,18,20,22,23). The van der Waals surface area contributed by atoms with Gasteiger partial charge >= 0.3 is 0 Å². The monoisotopic (exact) mass is 391 g/mol. The summed E-state index contributed by atoms with van der Waals surface area (Å²) in [7, 11) is 0. The zero-order valence-electron chi connectivity index (χ0n) is 12.2. The maximum absolute atomic E-state index is 12.1. The third-order valence-corrected chi connectivity index (χ3v) is 3.81. The fourth-order valence-corrected chi connectivity index (χ4v) is 2.43. The first-order valence-corrected chi connectivity index (χ1v) is 7.90. The van der Waals surface area contributed by atoms with Gasteiger partial charge in [0, 0.05) is 10.0 Å². The molecule has 0 aliphatic heterocycles. The van der Waals surface area contributed by atoms with E-state index in [2.05, 4.69) is 32.1 Å². The topological polar surface area (TPSA) is 70.2 Å². The third kappa shape index (κ3) is 4.87. The Morgan fingerprint density at radius 1 is 1.00 bits per heavy atom. The molecule has 0 bridgehead atoms. The maximum Gasteiger partial charge on any atom is 0.269 e. The molecule has 0 aliphatic rings. The van der Waals surface area contributed by atoms with Crippen molar-refractivity contribution in [3.8, 4) is 0 Å². The summed E-state index contributed by atoms with van der Waals surface area (Å²) >= 11 is 8.29. The Morgan fingerprint density at radius 3 is 2.43 bits per heavy atom. The lowest BCUT2D eigenvalue weighted by atomic mass is 10.1. The molecule has 118 valence electrons. The molecule has 0 spiro atoms. The number of halogens is 1. The Morgan fingerprint density at radius 2 is 1.74 bits per heavy atom. The molecule has 0 atom stereocenters. The molecular formula is C16H14BrN3O2S. The van der Waals surface area contributed by atoms with E-state index in [0.29, 0.717) is 15.6 Å². The molecule has 5 nitrogen and oxygen atoms in total. The summed E-state index contributed by atoms with van der Waals surface area (Å²) in [5.74, 6) is -0.717. The van der Waals surface area contributed by atoms with Crippen LogP contribution in [0.1, 0.15) is 26.3 Å². The number of nitrogens with one attached hydrogen (secondary N) is 3. The van der Waals surface area contributed by atoms with Gasteiger partial charge < -0.3 is 0 Å². The van der Waals surface area contributed by atoms with Gasteiger partial charge in [-0.3, -0.25) is 25.8 Å². The van der Waals surface area contributed by atoms with E-state index < -0.39 is 0 Å². The molecule has 3 N–H and O–H groups in total. The van der Waals surface area contributed by atoms with Crippen molar-refractivity contribution in [1.82, 2.24) is 16.2 Å². The summed E-state index contributed by atoms with van der Waals surface area (Å²) in [5.41, 5.74) is 6.86. The van der Waals surface area contributed by atoms with Crippen LogP contribution in [0.4, 0.5) is 0 Å². The third-order valence-electron chi connectivity index (χ3n) is 2.92. The lowest BCUT2D eigenvalue weighted by molar-refractivity contribution is 0.0934. The van der Waals surface area contributed by atoms with Gasteiger partial charge in [-0.25, -0.2) is 0 Å². The van der Waals surface area contributed by atoms with Crippen LogP contribution in [0.15, 0.2) is 53.0 Å². The number of carbonyl (C=O) groups is 2. The number of amides is 2. The van der Waals surface area contributed by atoms with E-state index >= 15 is 0 Å². The molecule has 2 rings (SSSR count). The highest BCUT2D eigenvalue weighted by Crippen LogP contribution is 2.15. The minimum atomic E-state index is -0.375. The Balaban J connectivity index is 1.89. The fraction of sp³-hybridized carbons (Fsp3) is 0.0625. The first-order valence-electron chi connectivity index (χ1n) is 6.70. The number of rotatable bonds is 2. The van der Waals surface area contributed by atoms with Crippen LogP contribution in [0.2, 0.25) is 0 Å². The molecule has 0 radical (unpaired) electrons. The van der Waals surface area contributed by atoms with Gasteiger partial charge in [-0.15, -0.1) is 0 Å². The maximum atomic E-state index is 12.1. The summed E-state index contributed by atoms with van der Waals surface area (Å²) in [5, 5.41) is 2.50. The molecule has 0 aliphatic carbocycles. The lowest BCUT2D eigenvalue weighted by Crippen LogP contribution is -2.48.